The molecule has 4 unspecified atom stereocenters. The smallest absolute Gasteiger partial charge is 0.326 e. The molecule has 3 aromatic carbocycles. The van der Waals surface area contributed by atoms with Gasteiger partial charge in [-0.05, 0) is 97.4 Å². The normalized spacial score (nSPS) is 16.4. The van der Waals surface area contributed by atoms with Crippen LogP contribution in [-0.4, -0.2) is 111 Å². The van der Waals surface area contributed by atoms with Gasteiger partial charge in [-0.3, -0.25) is 14.5 Å². The number of nitrogens with zero attached hydrogens (tertiary/aromatic N) is 1. The molecule has 3 N–H and O–H groups in total. The number of hydrogen-bond acceptors (Lipinski definition) is 9. The van der Waals surface area contributed by atoms with E-state index in [1.54, 1.807) is 39.0 Å². The monoisotopic (exact) mass is 814 g/mol. The second kappa shape index (κ2) is 25.5. The third kappa shape index (κ3) is 17.2. The second-order valence-corrected chi connectivity index (χ2v) is 17.4. The van der Waals surface area contributed by atoms with Crippen molar-refractivity contribution in [3.63, 3.8) is 0 Å². The molecule has 0 bridgehead atoms. The second-order valence-electron chi connectivity index (χ2n) is 14.2. The molecule has 1 saturated heterocycles. The first kappa shape index (κ1) is 48.4. The summed E-state index contributed by atoms with van der Waals surface area (Å²) in [4.78, 5) is 38.0. The van der Waals surface area contributed by atoms with Crippen molar-refractivity contribution in [1.82, 2.24) is 10.2 Å². The van der Waals surface area contributed by atoms with Gasteiger partial charge in [0.05, 0.1) is 18.3 Å². The molecule has 1 amide bonds. The third-order valence-electron chi connectivity index (χ3n) is 9.54. The van der Waals surface area contributed by atoms with E-state index in [4.69, 9.17) is 14.6 Å². The third-order valence-corrected chi connectivity index (χ3v) is 11.2. The van der Waals surface area contributed by atoms with Crippen molar-refractivity contribution in [1.29, 1.82) is 0 Å². The van der Waals surface area contributed by atoms with E-state index in [-0.39, 0.29) is 24.1 Å². The lowest BCUT2D eigenvalue weighted by atomic mass is 9.93. The lowest BCUT2D eigenvalue weighted by Gasteiger charge is -2.30. The minimum atomic E-state index is -3.39. The fraction of sp³-hybridized carbons (Fsp3) is 0.512. The highest BCUT2D eigenvalue weighted by molar-refractivity contribution is 7.98. The van der Waals surface area contributed by atoms with Gasteiger partial charge >= 0.3 is 11.9 Å². The van der Waals surface area contributed by atoms with Crippen molar-refractivity contribution in [2.45, 2.75) is 84.0 Å². The lowest BCUT2D eigenvalue weighted by molar-refractivity contribution is -0.141. The van der Waals surface area contributed by atoms with Gasteiger partial charge in [0.25, 0.3) is 5.91 Å². The quantitative estimate of drug-likeness (QED) is 0.114. The summed E-state index contributed by atoms with van der Waals surface area (Å²) in [6, 6.07) is 23.2. The van der Waals surface area contributed by atoms with E-state index in [2.05, 4.69) is 41.4 Å². The molecule has 1 fully saturated rings. The van der Waals surface area contributed by atoms with Crippen LogP contribution < -0.4 is 5.32 Å². The van der Waals surface area contributed by atoms with Crippen LogP contribution in [0.25, 0.3) is 11.1 Å². The SMILES string of the molecule is CCCOC.COCC1CCC(Cc2ccccc2)N1Cc1ccc(C(=O)NC(CCS(C)(=O)=O)C(=O)O)c(-c2ccccc2C)c1.CSCCC(C)C(=O)O. The zero-order valence-corrected chi connectivity index (χ0v) is 35.7. The number of thioether (sulfide) groups is 1. The highest BCUT2D eigenvalue weighted by Crippen LogP contribution is 2.32. The van der Waals surface area contributed by atoms with Gasteiger partial charge in [-0.25, -0.2) is 13.2 Å². The summed E-state index contributed by atoms with van der Waals surface area (Å²) in [6.07, 6.45) is 7.76. The summed E-state index contributed by atoms with van der Waals surface area (Å²) in [7, 11) is 0.0520. The van der Waals surface area contributed by atoms with Crippen LogP contribution in [0.2, 0.25) is 0 Å². The van der Waals surface area contributed by atoms with Crippen molar-refractivity contribution in [2.24, 2.45) is 5.92 Å². The fourth-order valence-corrected chi connectivity index (χ4v) is 7.65. The van der Waals surface area contributed by atoms with Gasteiger partial charge in [0.2, 0.25) is 0 Å². The van der Waals surface area contributed by atoms with Gasteiger partial charge in [-0.2, -0.15) is 11.8 Å². The van der Waals surface area contributed by atoms with Crippen molar-refractivity contribution in [3.05, 3.63) is 95.1 Å². The van der Waals surface area contributed by atoms with E-state index >= 15 is 0 Å². The van der Waals surface area contributed by atoms with E-state index < -0.39 is 33.7 Å². The standard InChI is InChI=1S/C33H40N2O6S.C6H12O2S.C4H10O/c1-23-9-7-8-12-28(23)30-20-25(13-16-29(30)32(36)34-31(33(37)38)17-18-42(3,39)40)21-35-26(14-15-27(35)22-41-2)19-24-10-5-4-6-11-24;1-5(6(7)8)3-4-9-2;1-3-4-5-2/h4-13,16,20,26-27,31H,14-15,17-19,21-22H2,1-3H3,(H,34,36)(H,37,38);5H,3-4H2,1-2H3,(H,7,8);3-4H2,1-2H3. The molecule has 1 aliphatic rings. The topological polar surface area (TPSA) is 160 Å². The Morgan fingerprint density at radius 1 is 0.893 bits per heavy atom. The van der Waals surface area contributed by atoms with Gasteiger partial charge in [0.15, 0.2) is 0 Å². The Bertz CT molecular complexity index is 1750. The number of methoxy groups -OCH3 is 2. The number of nitrogens with one attached hydrogen (secondary N) is 1. The number of carbonyl (C=O) groups excluding carboxylic acids is 1. The molecule has 11 nitrogen and oxygen atoms in total. The van der Waals surface area contributed by atoms with Crippen LogP contribution >= 0.6 is 11.8 Å². The Morgan fingerprint density at radius 2 is 1.55 bits per heavy atom. The van der Waals surface area contributed by atoms with Gasteiger partial charge in [-0.15, -0.1) is 0 Å². The van der Waals surface area contributed by atoms with E-state index in [0.29, 0.717) is 30.3 Å². The van der Waals surface area contributed by atoms with Crippen molar-refractivity contribution in [2.75, 3.05) is 51.5 Å². The average Bonchev–Trinajstić information content (AvgIpc) is 3.52. The average molecular weight is 815 g/mol. The largest absolute Gasteiger partial charge is 0.481 e. The molecule has 0 radical (unpaired) electrons. The molecule has 310 valence electrons. The maximum Gasteiger partial charge on any atom is 0.326 e. The van der Waals surface area contributed by atoms with Crippen LogP contribution in [0.15, 0.2) is 72.8 Å². The Labute approximate surface area is 338 Å². The van der Waals surface area contributed by atoms with Crippen molar-refractivity contribution in [3.8, 4) is 11.1 Å². The molecule has 0 aliphatic carbocycles. The maximum absolute atomic E-state index is 13.5. The van der Waals surface area contributed by atoms with Crippen LogP contribution in [0.3, 0.4) is 0 Å². The molecule has 4 atom stereocenters. The summed E-state index contributed by atoms with van der Waals surface area (Å²) in [5.41, 5.74) is 5.24. The number of aryl methyl sites for hydroxylation is 1. The van der Waals surface area contributed by atoms with E-state index in [1.807, 2.05) is 55.6 Å². The molecule has 0 aromatic heterocycles. The number of benzene rings is 3. The molecule has 0 spiro atoms. The van der Waals surface area contributed by atoms with Crippen LogP contribution in [0.5, 0.6) is 0 Å². The van der Waals surface area contributed by atoms with Crippen LogP contribution in [0, 0.1) is 12.8 Å². The predicted molar refractivity (Wildman–Crippen MR) is 226 cm³/mol. The minimum absolute atomic E-state index is 0.183. The molecule has 1 heterocycles. The van der Waals surface area contributed by atoms with Crippen molar-refractivity contribution >= 4 is 39.4 Å². The number of rotatable bonds is 19. The number of ether oxygens (including phenoxy) is 2. The maximum atomic E-state index is 13.5. The molecular weight excluding hydrogens is 753 g/mol. The number of sulfone groups is 1. The summed E-state index contributed by atoms with van der Waals surface area (Å²) in [6.45, 7) is 8.00. The zero-order chi connectivity index (χ0) is 41.7. The lowest BCUT2D eigenvalue weighted by Crippen LogP contribution is -2.42. The Kier molecular flexibility index (Phi) is 22.0. The minimum Gasteiger partial charge on any atom is -0.481 e. The molecule has 13 heteroatoms. The van der Waals surface area contributed by atoms with Gasteiger partial charge in [0.1, 0.15) is 15.9 Å². The molecule has 56 heavy (non-hydrogen) atoms. The first-order valence-corrected chi connectivity index (χ1v) is 22.5. The number of aliphatic carboxylic acids is 2. The van der Waals surface area contributed by atoms with E-state index in [0.717, 1.165) is 67.4 Å². The molecule has 1 aliphatic heterocycles. The fourth-order valence-electron chi connectivity index (χ4n) is 6.39. The highest BCUT2D eigenvalue weighted by Gasteiger charge is 2.33. The van der Waals surface area contributed by atoms with Crippen LogP contribution in [0.4, 0.5) is 0 Å². The predicted octanol–water partition coefficient (Wildman–Crippen LogP) is 7.00. The number of amides is 1. The molecule has 0 saturated carbocycles. The van der Waals surface area contributed by atoms with E-state index in [1.165, 1.54) is 5.56 Å². The van der Waals surface area contributed by atoms with Crippen molar-refractivity contribution < 1.29 is 42.5 Å². The first-order chi connectivity index (χ1) is 26.6. The number of carbonyl (C=O) groups is 3. The molecule has 3 aromatic rings. The molecular formula is C43H62N2O9S2. The van der Waals surface area contributed by atoms with Gasteiger partial charge in [-0.1, -0.05) is 74.5 Å². The number of likely N-dealkylation sites (tertiary alicyclic amines) is 1. The number of hydrogen-bond donors (Lipinski definition) is 3. The van der Waals surface area contributed by atoms with E-state index in [9.17, 15) is 27.9 Å². The summed E-state index contributed by atoms with van der Waals surface area (Å²) in [5, 5.41) is 20.6. The number of carboxylic acids is 2. The Hall–Kier alpha value is -3.75. The molecule has 4 rings (SSSR count). The van der Waals surface area contributed by atoms with Crippen LogP contribution in [-0.2, 0) is 41.9 Å². The summed E-state index contributed by atoms with van der Waals surface area (Å²) in [5.74, 6) is -2.10. The summed E-state index contributed by atoms with van der Waals surface area (Å²) >= 11 is 1.68. The van der Waals surface area contributed by atoms with Gasteiger partial charge in [0, 0.05) is 51.3 Å². The summed E-state index contributed by atoms with van der Waals surface area (Å²) < 4.78 is 33.5. The zero-order valence-electron chi connectivity index (χ0n) is 34.0. The van der Waals surface area contributed by atoms with Crippen LogP contribution in [0.1, 0.15) is 73.0 Å². The van der Waals surface area contributed by atoms with Gasteiger partial charge < -0.3 is 25.0 Å². The Morgan fingerprint density at radius 3 is 2.11 bits per heavy atom. The number of carboxylic acid groups (broad SMARTS) is 2. The highest BCUT2D eigenvalue weighted by atomic mass is 32.2. The first-order valence-electron chi connectivity index (χ1n) is 19.0. The Balaban J connectivity index is 0.000000658.